The maximum atomic E-state index is 13.0. The second-order valence-electron chi connectivity index (χ2n) is 9.28. The zero-order valence-electron chi connectivity index (χ0n) is 15.2. The topological polar surface area (TPSA) is 42.4 Å². The van der Waals surface area contributed by atoms with E-state index in [-0.39, 0.29) is 6.10 Å². The fourth-order valence-electron chi connectivity index (χ4n) is 6.59. The van der Waals surface area contributed by atoms with E-state index in [0.717, 1.165) is 41.6 Å². The predicted octanol–water partition coefficient (Wildman–Crippen LogP) is 4.43. The third-order valence-corrected chi connectivity index (χ3v) is 7.65. The molecule has 1 aliphatic heterocycles. The average Bonchev–Trinajstić information content (AvgIpc) is 3.04. The summed E-state index contributed by atoms with van der Waals surface area (Å²) in [5.41, 5.74) is 0.331. The van der Waals surface area contributed by atoms with Gasteiger partial charge in [0.25, 0.3) is 0 Å². The molecule has 5 fully saturated rings. The van der Waals surface area contributed by atoms with Crippen LogP contribution in [0.25, 0.3) is 0 Å². The van der Waals surface area contributed by atoms with Crippen LogP contribution < -0.4 is 4.74 Å². The van der Waals surface area contributed by atoms with Crippen LogP contribution >= 0.6 is 15.9 Å². The number of nitrogens with zero attached hydrogens (tertiary/aromatic N) is 2. The normalized spacial score (nSPS) is 38.0. The largest absolute Gasteiger partial charge is 0.472 e. The lowest BCUT2D eigenvalue weighted by Crippen LogP contribution is -2.48. The van der Waals surface area contributed by atoms with Crippen LogP contribution in [0.1, 0.15) is 51.4 Å². The molecular formula is C21H27BrN2O2. The number of ether oxygens (including phenoxy) is 1. The van der Waals surface area contributed by atoms with Gasteiger partial charge in [-0.1, -0.05) is 0 Å². The Morgan fingerprint density at radius 3 is 2.50 bits per heavy atom. The van der Waals surface area contributed by atoms with E-state index in [1.807, 2.05) is 17.0 Å². The summed E-state index contributed by atoms with van der Waals surface area (Å²) in [5.74, 6) is 3.74. The summed E-state index contributed by atoms with van der Waals surface area (Å²) in [6.07, 6.45) is 11.7. The monoisotopic (exact) mass is 418 g/mol. The molecule has 4 bridgehead atoms. The minimum absolute atomic E-state index is 0.0731. The summed E-state index contributed by atoms with van der Waals surface area (Å²) >= 11 is 3.39. The van der Waals surface area contributed by atoms with Crippen molar-refractivity contribution in [2.75, 3.05) is 13.1 Å². The second kappa shape index (κ2) is 6.50. The molecule has 1 atom stereocenters. The molecule has 2 heterocycles. The molecular weight excluding hydrogens is 392 g/mol. The van der Waals surface area contributed by atoms with Crippen molar-refractivity contribution < 1.29 is 9.53 Å². The molecule has 4 nitrogen and oxygen atoms in total. The molecule has 140 valence electrons. The van der Waals surface area contributed by atoms with Crippen LogP contribution in [0, 0.1) is 23.2 Å². The fourth-order valence-corrected chi connectivity index (χ4v) is 6.83. The van der Waals surface area contributed by atoms with Gasteiger partial charge >= 0.3 is 0 Å². The lowest BCUT2D eigenvalue weighted by atomic mass is 9.49. The van der Waals surface area contributed by atoms with Crippen molar-refractivity contribution in [1.29, 1.82) is 0 Å². The van der Waals surface area contributed by atoms with Gasteiger partial charge in [-0.25, -0.2) is 4.98 Å². The van der Waals surface area contributed by atoms with Crippen LogP contribution in [0.15, 0.2) is 22.8 Å². The van der Waals surface area contributed by atoms with Crippen LogP contribution in [0.4, 0.5) is 0 Å². The van der Waals surface area contributed by atoms with E-state index in [1.54, 1.807) is 6.20 Å². The predicted molar refractivity (Wildman–Crippen MR) is 103 cm³/mol. The molecule has 0 radical (unpaired) electrons. The number of rotatable bonds is 4. The van der Waals surface area contributed by atoms with Gasteiger partial charge in [0.2, 0.25) is 11.8 Å². The molecule has 4 saturated carbocycles. The van der Waals surface area contributed by atoms with Gasteiger partial charge in [-0.2, -0.15) is 0 Å². The molecule has 0 aromatic carbocycles. The molecule has 1 aromatic rings. The number of hydrogen-bond donors (Lipinski definition) is 0. The first kappa shape index (κ1) is 17.0. The molecule has 5 aliphatic rings. The van der Waals surface area contributed by atoms with Crippen molar-refractivity contribution in [2.45, 2.75) is 57.5 Å². The molecule has 6 rings (SSSR count). The standard InChI is InChI=1S/C21H27BrN2O2/c22-17-1-2-19(23-12-17)26-18-3-4-24(13-18)20(25)11-21-8-14-5-15(9-21)7-16(6-14)10-21/h1-2,12,14-16,18H,3-11,13H2. The van der Waals surface area contributed by atoms with E-state index in [9.17, 15) is 4.79 Å². The summed E-state index contributed by atoms with van der Waals surface area (Å²) in [4.78, 5) is 19.4. The summed E-state index contributed by atoms with van der Waals surface area (Å²) < 4.78 is 6.93. The number of amides is 1. The minimum Gasteiger partial charge on any atom is -0.472 e. The van der Waals surface area contributed by atoms with Crippen molar-refractivity contribution in [3.05, 3.63) is 22.8 Å². The zero-order chi connectivity index (χ0) is 17.7. The van der Waals surface area contributed by atoms with E-state index in [0.29, 0.717) is 23.7 Å². The number of aromatic nitrogens is 1. The highest BCUT2D eigenvalue weighted by Gasteiger charge is 2.52. The molecule has 1 saturated heterocycles. The van der Waals surface area contributed by atoms with Gasteiger partial charge in [0.05, 0.1) is 6.54 Å². The van der Waals surface area contributed by atoms with Crippen molar-refractivity contribution in [2.24, 2.45) is 23.2 Å². The van der Waals surface area contributed by atoms with Crippen LogP contribution in [0.2, 0.25) is 0 Å². The van der Waals surface area contributed by atoms with Gasteiger partial charge in [0, 0.05) is 36.1 Å². The van der Waals surface area contributed by atoms with Crippen LogP contribution in [0.5, 0.6) is 5.88 Å². The minimum atomic E-state index is 0.0731. The first-order valence-electron chi connectivity index (χ1n) is 10.1. The van der Waals surface area contributed by atoms with Crippen LogP contribution in [0.3, 0.4) is 0 Å². The number of carbonyl (C=O) groups is 1. The van der Waals surface area contributed by atoms with Gasteiger partial charge in [-0.3, -0.25) is 4.79 Å². The molecule has 1 unspecified atom stereocenters. The third kappa shape index (κ3) is 3.28. The lowest BCUT2D eigenvalue weighted by molar-refractivity contribution is -0.138. The molecule has 1 aromatic heterocycles. The van der Waals surface area contributed by atoms with Crippen molar-refractivity contribution in [3.8, 4) is 5.88 Å². The Morgan fingerprint density at radius 2 is 1.88 bits per heavy atom. The number of pyridine rings is 1. The average molecular weight is 419 g/mol. The van der Waals surface area contributed by atoms with E-state index in [4.69, 9.17) is 4.74 Å². The van der Waals surface area contributed by atoms with Gasteiger partial charge in [0.15, 0.2) is 0 Å². The summed E-state index contributed by atoms with van der Waals surface area (Å²) in [6.45, 7) is 1.54. The highest BCUT2D eigenvalue weighted by Crippen LogP contribution is 2.61. The molecule has 26 heavy (non-hydrogen) atoms. The van der Waals surface area contributed by atoms with E-state index < -0.39 is 0 Å². The summed E-state index contributed by atoms with van der Waals surface area (Å²) in [7, 11) is 0. The SMILES string of the molecule is O=C(CC12CC3CC(CC(C3)C1)C2)N1CCC(Oc2ccc(Br)cn2)C1. The van der Waals surface area contributed by atoms with Gasteiger partial charge in [0.1, 0.15) is 6.10 Å². The van der Waals surface area contributed by atoms with Gasteiger partial charge < -0.3 is 9.64 Å². The first-order chi connectivity index (χ1) is 12.6. The van der Waals surface area contributed by atoms with Crippen molar-refractivity contribution >= 4 is 21.8 Å². The van der Waals surface area contributed by atoms with Crippen LogP contribution in [-0.4, -0.2) is 35.0 Å². The quantitative estimate of drug-likeness (QED) is 0.725. The molecule has 0 N–H and O–H groups in total. The number of likely N-dealkylation sites (tertiary alicyclic amines) is 1. The van der Waals surface area contributed by atoms with E-state index in [2.05, 4.69) is 20.9 Å². The Kier molecular flexibility index (Phi) is 4.26. The van der Waals surface area contributed by atoms with E-state index >= 15 is 0 Å². The van der Waals surface area contributed by atoms with Crippen molar-refractivity contribution in [3.63, 3.8) is 0 Å². The van der Waals surface area contributed by atoms with Gasteiger partial charge in [-0.05, 0) is 83.7 Å². The lowest BCUT2D eigenvalue weighted by Gasteiger charge is -2.56. The van der Waals surface area contributed by atoms with E-state index in [1.165, 1.54) is 38.5 Å². The smallest absolute Gasteiger partial charge is 0.223 e. The first-order valence-corrected chi connectivity index (χ1v) is 10.9. The fraction of sp³-hybridized carbons (Fsp3) is 0.714. The Labute approximate surface area is 163 Å². The van der Waals surface area contributed by atoms with Crippen molar-refractivity contribution in [1.82, 2.24) is 9.88 Å². The zero-order valence-corrected chi connectivity index (χ0v) is 16.8. The molecule has 4 aliphatic carbocycles. The Morgan fingerprint density at radius 1 is 1.19 bits per heavy atom. The maximum Gasteiger partial charge on any atom is 0.223 e. The van der Waals surface area contributed by atoms with Gasteiger partial charge in [-0.15, -0.1) is 0 Å². The maximum absolute atomic E-state index is 13.0. The Balaban J connectivity index is 1.19. The highest BCUT2D eigenvalue weighted by molar-refractivity contribution is 9.10. The summed E-state index contributed by atoms with van der Waals surface area (Å²) in [5, 5.41) is 0. The molecule has 5 heteroatoms. The molecule has 0 spiro atoms. The third-order valence-electron chi connectivity index (χ3n) is 7.18. The van der Waals surface area contributed by atoms with Crippen LogP contribution in [-0.2, 0) is 4.79 Å². The number of hydrogen-bond acceptors (Lipinski definition) is 3. The Bertz CT molecular complexity index is 654. The number of halogens is 1. The number of carbonyl (C=O) groups excluding carboxylic acids is 1. The second-order valence-corrected chi connectivity index (χ2v) is 10.2. The molecule has 1 amide bonds. The Hall–Kier alpha value is -1.10. The highest BCUT2D eigenvalue weighted by atomic mass is 79.9. The summed E-state index contributed by atoms with van der Waals surface area (Å²) in [6, 6.07) is 3.82.